The molecule has 1 aromatic carbocycles. The summed E-state index contributed by atoms with van der Waals surface area (Å²) in [5.74, 6) is 0.652. The number of carbonyl (C=O) groups excluding carboxylic acids is 1. The van der Waals surface area contributed by atoms with Gasteiger partial charge in [-0.05, 0) is 31.2 Å². The molecule has 1 aliphatic carbocycles. The first-order chi connectivity index (χ1) is 12.3. The minimum absolute atomic E-state index is 0.00133. The topological polar surface area (TPSA) is 45.2 Å². The molecule has 1 saturated carbocycles. The van der Waals surface area contributed by atoms with E-state index in [4.69, 9.17) is 0 Å². The monoisotopic (exact) mass is 371 g/mol. The molecule has 140 valence electrons. The van der Waals surface area contributed by atoms with E-state index in [9.17, 15) is 4.79 Å². The van der Waals surface area contributed by atoms with E-state index in [1.54, 1.807) is 11.3 Å². The third-order valence-electron chi connectivity index (χ3n) is 4.78. The summed E-state index contributed by atoms with van der Waals surface area (Å²) in [5, 5.41) is 6.23. The van der Waals surface area contributed by atoms with Crippen LogP contribution in [0.15, 0.2) is 35.7 Å². The van der Waals surface area contributed by atoms with Crippen LogP contribution in [0, 0.1) is 5.92 Å². The van der Waals surface area contributed by atoms with E-state index >= 15 is 0 Å². The lowest BCUT2D eigenvalue weighted by Gasteiger charge is -2.30. The van der Waals surface area contributed by atoms with Crippen LogP contribution in [0.1, 0.15) is 62.8 Å². The fraction of sp³-hybridized carbons (Fsp3) is 0.524. The molecule has 0 saturated heterocycles. The third-order valence-corrected chi connectivity index (χ3v) is 6.09. The van der Waals surface area contributed by atoms with Crippen LogP contribution in [0.25, 0.3) is 0 Å². The Morgan fingerprint density at radius 2 is 2.00 bits per heavy atom. The van der Waals surface area contributed by atoms with Gasteiger partial charge in [-0.25, -0.2) is 9.78 Å². The van der Waals surface area contributed by atoms with E-state index in [2.05, 4.69) is 50.1 Å². The summed E-state index contributed by atoms with van der Waals surface area (Å²) in [4.78, 5) is 19.5. The number of nitrogens with zero attached hydrogens (tertiary/aromatic N) is 2. The van der Waals surface area contributed by atoms with Crippen molar-refractivity contribution in [3.8, 4) is 0 Å². The Kier molecular flexibility index (Phi) is 5.66. The van der Waals surface area contributed by atoms with Crippen LogP contribution in [0.3, 0.4) is 0 Å². The van der Waals surface area contributed by atoms with Crippen molar-refractivity contribution in [3.05, 3.63) is 52.0 Å². The number of urea groups is 1. The van der Waals surface area contributed by atoms with Crippen molar-refractivity contribution < 1.29 is 4.79 Å². The van der Waals surface area contributed by atoms with Crippen molar-refractivity contribution in [3.63, 3.8) is 0 Å². The van der Waals surface area contributed by atoms with Crippen molar-refractivity contribution in [1.82, 2.24) is 15.2 Å². The Hall–Kier alpha value is -1.88. The van der Waals surface area contributed by atoms with Gasteiger partial charge in [-0.3, -0.25) is 0 Å². The molecule has 2 aromatic rings. The summed E-state index contributed by atoms with van der Waals surface area (Å²) in [6.07, 6.45) is 2.46. The molecular formula is C21H29N3OS. The predicted molar refractivity (Wildman–Crippen MR) is 107 cm³/mol. The molecule has 1 unspecified atom stereocenters. The molecule has 1 atom stereocenters. The highest BCUT2D eigenvalue weighted by Crippen LogP contribution is 2.33. The zero-order valence-electron chi connectivity index (χ0n) is 16.2. The summed E-state index contributed by atoms with van der Waals surface area (Å²) in [6, 6.07) is 10.3. The van der Waals surface area contributed by atoms with Crippen molar-refractivity contribution in [2.75, 3.05) is 6.54 Å². The Labute approximate surface area is 160 Å². The average molecular weight is 372 g/mol. The van der Waals surface area contributed by atoms with Crippen LogP contribution < -0.4 is 5.32 Å². The first kappa shape index (κ1) is 18.9. The second kappa shape index (κ2) is 7.78. The van der Waals surface area contributed by atoms with Gasteiger partial charge in [-0.1, -0.05) is 51.1 Å². The zero-order valence-corrected chi connectivity index (χ0v) is 17.0. The lowest BCUT2D eigenvalue weighted by Crippen LogP contribution is -2.42. The highest BCUT2D eigenvalue weighted by Gasteiger charge is 2.30. The minimum Gasteiger partial charge on any atom is -0.332 e. The summed E-state index contributed by atoms with van der Waals surface area (Å²) in [5.41, 5.74) is 2.16. The van der Waals surface area contributed by atoms with Gasteiger partial charge in [0, 0.05) is 17.3 Å². The number of rotatable bonds is 6. The Morgan fingerprint density at radius 3 is 2.58 bits per heavy atom. The number of aromatic nitrogens is 1. The van der Waals surface area contributed by atoms with Crippen LogP contribution in [0.4, 0.5) is 4.79 Å². The minimum atomic E-state index is -0.00133. The van der Waals surface area contributed by atoms with E-state index in [0.29, 0.717) is 12.5 Å². The molecule has 0 bridgehead atoms. The summed E-state index contributed by atoms with van der Waals surface area (Å²) >= 11 is 1.66. The fourth-order valence-corrected chi connectivity index (χ4v) is 3.81. The van der Waals surface area contributed by atoms with Crippen molar-refractivity contribution in [1.29, 1.82) is 0 Å². The molecule has 0 aliphatic heterocycles. The second-order valence-electron chi connectivity index (χ2n) is 8.24. The highest BCUT2D eigenvalue weighted by atomic mass is 32.1. The summed E-state index contributed by atoms with van der Waals surface area (Å²) in [7, 11) is 0. The van der Waals surface area contributed by atoms with Gasteiger partial charge in [0.2, 0.25) is 0 Å². The first-order valence-electron chi connectivity index (χ1n) is 9.39. The number of thiazole rings is 1. The third kappa shape index (κ3) is 4.85. The Bertz CT molecular complexity index is 731. The summed E-state index contributed by atoms with van der Waals surface area (Å²) in [6.45, 7) is 9.89. The van der Waals surface area contributed by atoms with Gasteiger partial charge < -0.3 is 10.2 Å². The van der Waals surface area contributed by atoms with Gasteiger partial charge in [0.1, 0.15) is 0 Å². The van der Waals surface area contributed by atoms with Crippen molar-refractivity contribution in [2.45, 2.75) is 58.5 Å². The van der Waals surface area contributed by atoms with Crippen molar-refractivity contribution >= 4 is 17.4 Å². The maximum absolute atomic E-state index is 12.9. The molecule has 0 radical (unpaired) electrons. The number of carbonyl (C=O) groups is 1. The van der Waals surface area contributed by atoms with Crippen LogP contribution in [-0.4, -0.2) is 22.5 Å². The SMILES string of the molecule is CC(c1ccccc1)N(CC1CC1)C(=O)NCc1csc(C(C)(C)C)n1. The van der Waals surface area contributed by atoms with E-state index < -0.39 is 0 Å². The largest absolute Gasteiger partial charge is 0.332 e. The fourth-order valence-electron chi connectivity index (χ4n) is 2.91. The normalized spacial score (nSPS) is 15.5. The molecule has 26 heavy (non-hydrogen) atoms. The van der Waals surface area contributed by atoms with Gasteiger partial charge >= 0.3 is 6.03 Å². The van der Waals surface area contributed by atoms with Gasteiger partial charge in [0.15, 0.2) is 0 Å². The van der Waals surface area contributed by atoms with E-state index in [1.807, 2.05) is 28.5 Å². The maximum Gasteiger partial charge on any atom is 0.318 e. The first-order valence-corrected chi connectivity index (χ1v) is 10.3. The molecule has 0 spiro atoms. The molecule has 1 heterocycles. The molecule has 3 rings (SSSR count). The van der Waals surface area contributed by atoms with Crippen LogP contribution in [-0.2, 0) is 12.0 Å². The molecule has 5 heteroatoms. The summed E-state index contributed by atoms with van der Waals surface area (Å²) < 4.78 is 0. The molecule has 1 aromatic heterocycles. The average Bonchev–Trinajstić information content (AvgIpc) is 3.30. The molecule has 1 N–H and O–H groups in total. The standard InChI is InChI=1S/C21H29N3OS/c1-15(17-8-6-5-7-9-17)24(13-16-10-11-16)20(25)22-12-18-14-26-19(23-18)21(2,3)4/h5-9,14-16H,10-13H2,1-4H3,(H,22,25). The Balaban J connectivity index is 1.65. The number of benzene rings is 1. The lowest BCUT2D eigenvalue weighted by atomic mass is 9.98. The number of hydrogen-bond donors (Lipinski definition) is 1. The van der Waals surface area contributed by atoms with E-state index in [-0.39, 0.29) is 17.5 Å². The molecule has 2 amide bonds. The second-order valence-corrected chi connectivity index (χ2v) is 9.09. The molecule has 4 nitrogen and oxygen atoms in total. The van der Waals surface area contributed by atoms with Gasteiger partial charge in [0.05, 0.1) is 23.3 Å². The number of hydrogen-bond acceptors (Lipinski definition) is 3. The molecule has 1 aliphatic rings. The Morgan fingerprint density at radius 1 is 1.31 bits per heavy atom. The van der Waals surface area contributed by atoms with Gasteiger partial charge in [-0.2, -0.15) is 0 Å². The van der Waals surface area contributed by atoms with Crippen LogP contribution in [0.2, 0.25) is 0 Å². The van der Waals surface area contributed by atoms with Gasteiger partial charge in [0.25, 0.3) is 0 Å². The lowest BCUT2D eigenvalue weighted by molar-refractivity contribution is 0.175. The quantitative estimate of drug-likeness (QED) is 0.766. The van der Waals surface area contributed by atoms with Crippen LogP contribution in [0.5, 0.6) is 0 Å². The number of amides is 2. The predicted octanol–water partition coefficient (Wildman–Crippen LogP) is 5.12. The smallest absolute Gasteiger partial charge is 0.318 e. The van der Waals surface area contributed by atoms with E-state index in [0.717, 1.165) is 17.2 Å². The van der Waals surface area contributed by atoms with E-state index in [1.165, 1.54) is 18.4 Å². The molecule has 1 fully saturated rings. The van der Waals surface area contributed by atoms with Crippen LogP contribution >= 0.6 is 11.3 Å². The maximum atomic E-state index is 12.9. The number of nitrogens with one attached hydrogen (secondary N) is 1. The van der Waals surface area contributed by atoms with Crippen molar-refractivity contribution in [2.24, 2.45) is 5.92 Å². The zero-order chi connectivity index (χ0) is 18.7. The highest BCUT2D eigenvalue weighted by molar-refractivity contribution is 7.09. The molecular weight excluding hydrogens is 342 g/mol. The van der Waals surface area contributed by atoms with Gasteiger partial charge in [-0.15, -0.1) is 11.3 Å².